The summed E-state index contributed by atoms with van der Waals surface area (Å²) in [4.78, 5) is 9.03. The number of hydrogen-bond donors (Lipinski definition) is 0. The molecule has 31 heavy (non-hydrogen) atoms. The van der Waals surface area contributed by atoms with E-state index >= 15 is 0 Å². The van der Waals surface area contributed by atoms with E-state index in [1.54, 1.807) is 0 Å². The van der Waals surface area contributed by atoms with Gasteiger partial charge in [-0.05, 0) is 59.1 Å². The summed E-state index contributed by atoms with van der Waals surface area (Å²) >= 11 is 0. The molecule has 2 aromatic heterocycles. The van der Waals surface area contributed by atoms with Gasteiger partial charge in [-0.15, -0.1) is 0 Å². The number of hydrogen-bond acceptors (Lipinski definition) is 2. The van der Waals surface area contributed by atoms with Crippen LogP contribution in [0.2, 0.25) is 0 Å². The number of nitrogens with zero attached hydrogens (tertiary/aromatic N) is 2. The third-order valence-electron chi connectivity index (χ3n) is 3.38. The van der Waals surface area contributed by atoms with Gasteiger partial charge in [0.1, 0.15) is 0 Å². The van der Waals surface area contributed by atoms with Crippen molar-refractivity contribution >= 4 is 0 Å². The molecule has 7 heteroatoms. The summed E-state index contributed by atoms with van der Waals surface area (Å²) in [6.45, 7) is 31.6. The Morgan fingerprint density at radius 2 is 0.871 bits per heavy atom. The van der Waals surface area contributed by atoms with Crippen molar-refractivity contribution in [2.24, 2.45) is 10.8 Å². The standard InChI is InChI=1S/C20H28N2.4CO.Mo/c1-19(2,3)13-15-7-9-21-17(11-15)18-12-16(8-10-22-18)14-20(4,5)6;4*1-2;/h7-12H,13-14H2,1-6H3;;;;;. The summed E-state index contributed by atoms with van der Waals surface area (Å²) in [6.07, 6.45) is 5.89. The second-order valence-electron chi connectivity index (χ2n) is 8.57. The molecule has 2 heterocycles. The smallest absolute Gasteiger partial charge is 0 e. The van der Waals surface area contributed by atoms with Gasteiger partial charge in [0.2, 0.25) is 0 Å². The normalized spacial score (nSPS) is 9.10. The molecule has 2 aromatic rings. The van der Waals surface area contributed by atoms with Crippen LogP contribution in [0.1, 0.15) is 52.7 Å². The molecule has 6 nitrogen and oxygen atoms in total. The second-order valence-corrected chi connectivity index (χ2v) is 8.57. The summed E-state index contributed by atoms with van der Waals surface area (Å²) in [5.74, 6) is 0. The Bertz CT molecular complexity index is 732. The summed E-state index contributed by atoms with van der Waals surface area (Å²) in [6, 6.07) is 8.56. The third-order valence-corrected chi connectivity index (χ3v) is 3.38. The first-order valence-electron chi connectivity index (χ1n) is 8.84. The first kappa shape index (κ1) is 36.3. The molecule has 0 aliphatic carbocycles. The minimum atomic E-state index is 0. The molecule has 0 saturated carbocycles. The zero-order chi connectivity index (χ0) is 24.4. The van der Waals surface area contributed by atoms with Gasteiger partial charge in [0, 0.05) is 33.5 Å². The molecule has 0 spiro atoms. The van der Waals surface area contributed by atoms with Gasteiger partial charge in [-0.2, -0.15) is 0 Å². The van der Waals surface area contributed by atoms with Crippen molar-refractivity contribution in [2.45, 2.75) is 54.4 Å². The first-order valence-corrected chi connectivity index (χ1v) is 8.84. The predicted octanol–water partition coefficient (Wildman–Crippen LogP) is 5.17. The Morgan fingerprint density at radius 1 is 0.613 bits per heavy atom. The minimum absolute atomic E-state index is 0. The average molecular weight is 504 g/mol. The Labute approximate surface area is 200 Å². The molecule has 0 unspecified atom stereocenters. The first-order chi connectivity index (χ1) is 14.1. The van der Waals surface area contributed by atoms with Crippen LogP contribution in [0.15, 0.2) is 36.7 Å². The Kier molecular flexibility index (Phi) is 23.3. The van der Waals surface area contributed by atoms with E-state index in [2.05, 4.69) is 102 Å². The van der Waals surface area contributed by atoms with Crippen molar-refractivity contribution in [3.63, 3.8) is 0 Å². The van der Waals surface area contributed by atoms with E-state index in [1.807, 2.05) is 12.4 Å². The second kappa shape index (κ2) is 19.9. The largest absolute Gasteiger partial charge is 0 e. The monoisotopic (exact) mass is 506 g/mol. The summed E-state index contributed by atoms with van der Waals surface area (Å²) in [7, 11) is 0. The summed E-state index contributed by atoms with van der Waals surface area (Å²) in [5.41, 5.74) is 5.14. The van der Waals surface area contributed by atoms with E-state index in [4.69, 9.17) is 18.6 Å². The zero-order valence-electron chi connectivity index (χ0n) is 18.8. The van der Waals surface area contributed by atoms with Crippen LogP contribution in [-0.4, -0.2) is 9.97 Å². The van der Waals surface area contributed by atoms with Crippen LogP contribution in [-0.2, 0) is 52.5 Å². The summed E-state index contributed by atoms with van der Waals surface area (Å²) < 4.78 is 30.0. The Hall–Kier alpha value is -2.05. The molecule has 2 rings (SSSR count). The van der Waals surface area contributed by atoms with Crippen LogP contribution in [0.25, 0.3) is 11.4 Å². The van der Waals surface area contributed by atoms with Crippen molar-refractivity contribution in [1.29, 1.82) is 0 Å². The maximum Gasteiger partial charge on any atom is 0 e. The molecule has 0 N–H and O–H groups in total. The maximum atomic E-state index is 7.50. The van der Waals surface area contributed by atoms with Crippen LogP contribution in [0.5, 0.6) is 0 Å². The Balaban J connectivity index is -0.000000364. The van der Waals surface area contributed by atoms with Gasteiger partial charge in [0.05, 0.1) is 11.4 Å². The number of pyridine rings is 2. The van der Waals surface area contributed by atoms with Crippen LogP contribution in [0, 0.1) is 37.4 Å². The van der Waals surface area contributed by atoms with Gasteiger partial charge in [-0.1, -0.05) is 41.5 Å². The molecule has 0 aliphatic rings. The van der Waals surface area contributed by atoms with Gasteiger partial charge >= 0.3 is 45.2 Å². The quantitative estimate of drug-likeness (QED) is 0.327. The van der Waals surface area contributed by atoms with Gasteiger partial charge in [0.15, 0.2) is 0 Å². The minimum Gasteiger partial charge on any atom is 0 e. The Morgan fingerprint density at radius 3 is 1.10 bits per heavy atom. The van der Waals surface area contributed by atoms with E-state index in [0.29, 0.717) is 0 Å². The fourth-order valence-corrected chi connectivity index (χ4v) is 2.67. The molecule has 0 atom stereocenters. The van der Waals surface area contributed by atoms with Crippen molar-refractivity contribution in [3.05, 3.63) is 74.4 Å². The molecule has 164 valence electrons. The predicted molar refractivity (Wildman–Crippen MR) is 110 cm³/mol. The maximum absolute atomic E-state index is 7.50. The van der Waals surface area contributed by atoms with Gasteiger partial charge < -0.3 is 0 Å². The van der Waals surface area contributed by atoms with Crippen molar-refractivity contribution in [2.75, 3.05) is 0 Å². The van der Waals surface area contributed by atoms with E-state index in [-0.39, 0.29) is 31.9 Å². The topological polar surface area (TPSA) is 105 Å². The van der Waals surface area contributed by atoms with E-state index in [0.717, 1.165) is 24.2 Å². The zero-order valence-corrected chi connectivity index (χ0v) is 20.8. The van der Waals surface area contributed by atoms with Crippen molar-refractivity contribution in [3.8, 4) is 11.4 Å². The number of aromatic nitrogens is 2. The molecule has 0 fully saturated rings. The van der Waals surface area contributed by atoms with Crippen molar-refractivity contribution < 1.29 is 39.7 Å². The molecule has 0 aromatic carbocycles. The average Bonchev–Trinajstić information content (AvgIpc) is 2.72. The molecular formula is C24H28MoN2O4. The molecular weight excluding hydrogens is 476 g/mol. The third kappa shape index (κ3) is 18.4. The molecule has 0 bridgehead atoms. The van der Waals surface area contributed by atoms with E-state index in [9.17, 15) is 0 Å². The van der Waals surface area contributed by atoms with Gasteiger partial charge in [-0.3, -0.25) is 9.97 Å². The molecule has 0 saturated heterocycles. The molecule has 0 amide bonds. The van der Waals surface area contributed by atoms with E-state index < -0.39 is 0 Å². The van der Waals surface area contributed by atoms with Gasteiger partial charge in [-0.25, -0.2) is 0 Å². The fourth-order valence-electron chi connectivity index (χ4n) is 2.67. The SMILES string of the molecule is CC(C)(C)Cc1ccnc(-c2cc(CC(C)(C)C)ccn2)c1.[C-]#[O+].[C-]#[O+].[C-]#[O+].[C-]#[O+].[Mo]. The van der Waals surface area contributed by atoms with Crippen LogP contribution < -0.4 is 0 Å². The van der Waals surface area contributed by atoms with Gasteiger partial charge in [0.25, 0.3) is 0 Å². The number of rotatable bonds is 3. The van der Waals surface area contributed by atoms with Crippen molar-refractivity contribution in [1.82, 2.24) is 9.97 Å². The molecule has 0 radical (unpaired) electrons. The van der Waals surface area contributed by atoms with Crippen LogP contribution >= 0.6 is 0 Å². The fraction of sp³-hybridized carbons (Fsp3) is 0.417. The van der Waals surface area contributed by atoms with Crippen LogP contribution in [0.4, 0.5) is 0 Å². The molecule has 0 aliphatic heterocycles. The van der Waals surface area contributed by atoms with Crippen LogP contribution in [0.3, 0.4) is 0 Å². The summed E-state index contributed by atoms with van der Waals surface area (Å²) in [5, 5.41) is 0. The van der Waals surface area contributed by atoms with E-state index in [1.165, 1.54) is 11.1 Å².